The number of nitrogens with one attached hydrogen (secondary N) is 1. The van der Waals surface area contributed by atoms with E-state index in [9.17, 15) is 18.0 Å². The van der Waals surface area contributed by atoms with Gasteiger partial charge in [0.05, 0.1) is 12.1 Å². The zero-order valence-electron chi connectivity index (χ0n) is 11.8. The first kappa shape index (κ1) is 18.2. The van der Waals surface area contributed by atoms with Crippen LogP contribution in [0.15, 0.2) is 0 Å². The smallest absolute Gasteiger partial charge is 0.368 e. The van der Waals surface area contributed by atoms with Crippen LogP contribution in [0, 0.1) is 0 Å². The van der Waals surface area contributed by atoms with Crippen LogP contribution in [-0.4, -0.2) is 48.7 Å². The molecule has 3 N–H and O–H groups in total. The quantitative estimate of drug-likeness (QED) is 0.674. The molecule has 0 aliphatic carbocycles. The molecule has 0 spiro atoms. The lowest BCUT2D eigenvalue weighted by Gasteiger charge is -2.31. The molecular weight excluding hydrogens is 259 g/mol. The van der Waals surface area contributed by atoms with E-state index in [0.29, 0.717) is 19.5 Å². The molecule has 0 aromatic carbocycles. The summed E-state index contributed by atoms with van der Waals surface area (Å²) in [5.41, 5.74) is 4.34. The van der Waals surface area contributed by atoms with Crippen molar-refractivity contribution in [2.24, 2.45) is 5.73 Å². The average Bonchev–Trinajstić information content (AvgIpc) is 2.24. The standard InChI is InChI=1S/C12H24F3N3O/c1-4-7-18(9-12(13,14)15)8-6-11(3,10(16)19)17-5-2/h17H,4-9H2,1-3H3,(H2,16,19). The maximum absolute atomic E-state index is 12.4. The van der Waals surface area contributed by atoms with E-state index < -0.39 is 24.2 Å². The largest absolute Gasteiger partial charge is 0.401 e. The van der Waals surface area contributed by atoms with Crippen LogP contribution in [0.3, 0.4) is 0 Å². The molecule has 1 atom stereocenters. The lowest BCUT2D eigenvalue weighted by Crippen LogP contribution is -2.54. The van der Waals surface area contributed by atoms with Crippen LogP contribution >= 0.6 is 0 Å². The molecule has 0 fully saturated rings. The molecule has 114 valence electrons. The van der Waals surface area contributed by atoms with E-state index in [1.807, 2.05) is 13.8 Å². The van der Waals surface area contributed by atoms with E-state index in [1.165, 1.54) is 4.90 Å². The first-order valence-electron chi connectivity index (χ1n) is 6.48. The van der Waals surface area contributed by atoms with Gasteiger partial charge in [0.25, 0.3) is 0 Å². The normalized spacial score (nSPS) is 15.5. The fraction of sp³-hybridized carbons (Fsp3) is 0.917. The second kappa shape index (κ2) is 7.69. The highest BCUT2D eigenvalue weighted by molar-refractivity contribution is 5.84. The minimum atomic E-state index is -4.23. The molecule has 19 heavy (non-hydrogen) atoms. The minimum absolute atomic E-state index is 0.180. The highest BCUT2D eigenvalue weighted by atomic mass is 19.4. The Balaban J connectivity index is 4.55. The van der Waals surface area contributed by atoms with Gasteiger partial charge in [0, 0.05) is 6.54 Å². The number of primary amides is 1. The van der Waals surface area contributed by atoms with Crippen molar-refractivity contribution < 1.29 is 18.0 Å². The molecule has 0 saturated heterocycles. The number of amides is 1. The number of carbonyl (C=O) groups excluding carboxylic acids is 1. The maximum atomic E-state index is 12.4. The van der Waals surface area contributed by atoms with Crippen LogP contribution in [0.2, 0.25) is 0 Å². The number of hydrogen-bond donors (Lipinski definition) is 2. The molecule has 0 bridgehead atoms. The molecule has 1 unspecified atom stereocenters. The topological polar surface area (TPSA) is 58.4 Å². The molecule has 0 aliphatic rings. The van der Waals surface area contributed by atoms with Gasteiger partial charge in [0.15, 0.2) is 0 Å². The number of nitrogens with two attached hydrogens (primary N) is 1. The Labute approximate surface area is 112 Å². The highest BCUT2D eigenvalue weighted by Crippen LogP contribution is 2.18. The predicted octanol–water partition coefficient (Wildman–Crippen LogP) is 1.50. The lowest BCUT2D eigenvalue weighted by atomic mass is 9.96. The summed E-state index contributed by atoms with van der Waals surface area (Å²) in [6.07, 6.45) is -3.34. The Morgan fingerprint density at radius 1 is 1.26 bits per heavy atom. The predicted molar refractivity (Wildman–Crippen MR) is 68.7 cm³/mol. The Morgan fingerprint density at radius 2 is 1.84 bits per heavy atom. The lowest BCUT2D eigenvalue weighted by molar-refractivity contribution is -0.146. The van der Waals surface area contributed by atoms with Crippen LogP contribution in [-0.2, 0) is 4.79 Å². The fourth-order valence-electron chi connectivity index (χ4n) is 1.91. The van der Waals surface area contributed by atoms with Crippen LogP contribution < -0.4 is 11.1 Å². The van der Waals surface area contributed by atoms with Gasteiger partial charge in [-0.1, -0.05) is 13.8 Å². The summed E-state index contributed by atoms with van der Waals surface area (Å²) in [7, 11) is 0. The maximum Gasteiger partial charge on any atom is 0.401 e. The Kier molecular flexibility index (Phi) is 7.36. The first-order chi connectivity index (χ1) is 8.64. The van der Waals surface area contributed by atoms with E-state index in [-0.39, 0.29) is 13.0 Å². The highest BCUT2D eigenvalue weighted by Gasteiger charge is 2.33. The molecule has 1 amide bonds. The summed E-state index contributed by atoms with van der Waals surface area (Å²) in [5.74, 6) is -0.544. The molecule has 4 nitrogen and oxygen atoms in total. The molecule has 0 aliphatic heterocycles. The summed E-state index contributed by atoms with van der Waals surface area (Å²) < 4.78 is 37.2. The van der Waals surface area contributed by atoms with Gasteiger partial charge in [-0.05, 0) is 32.9 Å². The third-order valence-electron chi connectivity index (χ3n) is 2.98. The summed E-state index contributed by atoms with van der Waals surface area (Å²) in [4.78, 5) is 12.7. The molecule has 0 heterocycles. The fourth-order valence-corrected chi connectivity index (χ4v) is 1.91. The van der Waals surface area contributed by atoms with E-state index in [1.54, 1.807) is 6.92 Å². The van der Waals surface area contributed by atoms with Crippen molar-refractivity contribution in [2.75, 3.05) is 26.2 Å². The van der Waals surface area contributed by atoms with Gasteiger partial charge in [0.2, 0.25) is 5.91 Å². The first-order valence-corrected chi connectivity index (χ1v) is 6.48. The van der Waals surface area contributed by atoms with Crippen LogP contribution in [0.1, 0.15) is 33.6 Å². The van der Waals surface area contributed by atoms with E-state index in [4.69, 9.17) is 5.73 Å². The number of likely N-dealkylation sites (N-methyl/N-ethyl adjacent to an activating group) is 1. The van der Waals surface area contributed by atoms with Gasteiger partial charge in [-0.15, -0.1) is 0 Å². The molecule has 0 saturated carbocycles. The van der Waals surface area contributed by atoms with Gasteiger partial charge in [0.1, 0.15) is 0 Å². The summed E-state index contributed by atoms with van der Waals surface area (Å²) in [6, 6.07) is 0. The van der Waals surface area contributed by atoms with E-state index >= 15 is 0 Å². The Bertz CT molecular complexity index is 284. The van der Waals surface area contributed by atoms with Crippen LogP contribution in [0.25, 0.3) is 0 Å². The summed E-state index contributed by atoms with van der Waals surface area (Å²) >= 11 is 0. The third kappa shape index (κ3) is 7.37. The third-order valence-corrected chi connectivity index (χ3v) is 2.98. The number of hydrogen-bond acceptors (Lipinski definition) is 3. The average molecular weight is 283 g/mol. The molecular formula is C12H24F3N3O. The molecule has 0 aromatic rings. The van der Waals surface area contributed by atoms with Crippen molar-refractivity contribution in [2.45, 2.75) is 45.3 Å². The zero-order valence-corrected chi connectivity index (χ0v) is 11.8. The molecule has 0 radical (unpaired) electrons. The van der Waals surface area contributed by atoms with Gasteiger partial charge >= 0.3 is 6.18 Å². The van der Waals surface area contributed by atoms with Gasteiger partial charge in [-0.3, -0.25) is 9.69 Å². The van der Waals surface area contributed by atoms with Crippen molar-refractivity contribution in [3.8, 4) is 0 Å². The van der Waals surface area contributed by atoms with Gasteiger partial charge < -0.3 is 11.1 Å². The number of halogens is 3. The van der Waals surface area contributed by atoms with Crippen molar-refractivity contribution in [1.29, 1.82) is 0 Å². The molecule has 0 aromatic heterocycles. The summed E-state index contributed by atoms with van der Waals surface area (Å²) in [5, 5.41) is 2.94. The van der Waals surface area contributed by atoms with Crippen molar-refractivity contribution in [3.63, 3.8) is 0 Å². The minimum Gasteiger partial charge on any atom is -0.368 e. The monoisotopic (exact) mass is 283 g/mol. The van der Waals surface area contributed by atoms with E-state index in [2.05, 4.69) is 5.32 Å². The van der Waals surface area contributed by atoms with Gasteiger partial charge in [-0.2, -0.15) is 13.2 Å². The molecule has 0 rings (SSSR count). The summed E-state index contributed by atoms with van der Waals surface area (Å²) in [6.45, 7) is 5.37. The number of rotatable bonds is 9. The Hall–Kier alpha value is -0.820. The second-order valence-electron chi connectivity index (χ2n) is 4.87. The van der Waals surface area contributed by atoms with Crippen molar-refractivity contribution in [1.82, 2.24) is 10.2 Å². The number of alkyl halides is 3. The van der Waals surface area contributed by atoms with Crippen molar-refractivity contribution in [3.05, 3.63) is 0 Å². The SMILES string of the molecule is CCCN(CCC(C)(NCC)C(N)=O)CC(F)(F)F. The Morgan fingerprint density at radius 3 is 2.21 bits per heavy atom. The van der Waals surface area contributed by atoms with Crippen LogP contribution in [0.5, 0.6) is 0 Å². The number of carbonyl (C=O) groups is 1. The van der Waals surface area contributed by atoms with Crippen LogP contribution in [0.4, 0.5) is 13.2 Å². The van der Waals surface area contributed by atoms with E-state index in [0.717, 1.165) is 0 Å². The molecule has 7 heteroatoms. The number of nitrogens with zero attached hydrogens (tertiary/aromatic N) is 1. The zero-order chi connectivity index (χ0) is 15.1. The van der Waals surface area contributed by atoms with Gasteiger partial charge in [-0.25, -0.2) is 0 Å². The van der Waals surface area contributed by atoms with Crippen molar-refractivity contribution >= 4 is 5.91 Å². The second-order valence-corrected chi connectivity index (χ2v) is 4.87.